The fraction of sp³-hybridized carbons (Fsp3) is 0.600. The van der Waals surface area contributed by atoms with Gasteiger partial charge in [0.1, 0.15) is 11.4 Å². The lowest BCUT2D eigenvalue weighted by atomic mass is 9.74. The average Bonchev–Trinajstić information content (AvgIpc) is 2.34. The zero-order valence-corrected chi connectivity index (χ0v) is 10.5. The summed E-state index contributed by atoms with van der Waals surface area (Å²) >= 11 is 0. The monoisotopic (exact) mass is 231 g/mol. The van der Waals surface area contributed by atoms with Crippen LogP contribution in [0.4, 0.5) is 0 Å². The SMILES string of the molecule is CC1CCC2(CC1)CC(N)c1ccccc1O2. The Morgan fingerprint density at radius 3 is 2.71 bits per heavy atom. The number of benzene rings is 1. The van der Waals surface area contributed by atoms with Crippen molar-refractivity contribution < 1.29 is 4.74 Å². The maximum absolute atomic E-state index is 6.31. The second-order valence-electron chi connectivity index (χ2n) is 5.82. The van der Waals surface area contributed by atoms with Gasteiger partial charge >= 0.3 is 0 Å². The molecule has 2 nitrogen and oxygen atoms in total. The fourth-order valence-electron chi connectivity index (χ4n) is 3.26. The van der Waals surface area contributed by atoms with Crippen molar-refractivity contribution in [3.63, 3.8) is 0 Å². The lowest BCUT2D eigenvalue weighted by Crippen LogP contribution is -2.45. The molecule has 0 radical (unpaired) electrons. The Morgan fingerprint density at radius 2 is 1.94 bits per heavy atom. The highest BCUT2D eigenvalue weighted by atomic mass is 16.5. The van der Waals surface area contributed by atoms with Gasteiger partial charge in [0, 0.05) is 18.0 Å². The van der Waals surface area contributed by atoms with Crippen LogP contribution in [0.2, 0.25) is 0 Å². The number of hydrogen-bond donors (Lipinski definition) is 1. The molecule has 1 unspecified atom stereocenters. The van der Waals surface area contributed by atoms with Crippen LogP contribution in [0.1, 0.15) is 50.6 Å². The van der Waals surface area contributed by atoms with Crippen molar-refractivity contribution in [3.05, 3.63) is 29.8 Å². The molecule has 1 saturated carbocycles. The van der Waals surface area contributed by atoms with Crippen molar-refractivity contribution in [1.82, 2.24) is 0 Å². The Balaban J connectivity index is 1.88. The van der Waals surface area contributed by atoms with E-state index in [2.05, 4.69) is 19.1 Å². The third-order valence-electron chi connectivity index (χ3n) is 4.42. The van der Waals surface area contributed by atoms with Crippen LogP contribution >= 0.6 is 0 Å². The van der Waals surface area contributed by atoms with E-state index in [1.165, 1.54) is 18.4 Å². The van der Waals surface area contributed by atoms with Gasteiger partial charge < -0.3 is 10.5 Å². The summed E-state index contributed by atoms with van der Waals surface area (Å²) < 4.78 is 6.30. The number of rotatable bonds is 0. The molecule has 1 aliphatic heterocycles. The van der Waals surface area contributed by atoms with E-state index in [9.17, 15) is 0 Å². The Morgan fingerprint density at radius 1 is 1.24 bits per heavy atom. The van der Waals surface area contributed by atoms with Gasteiger partial charge in [0.15, 0.2) is 0 Å². The van der Waals surface area contributed by atoms with Gasteiger partial charge in [-0.1, -0.05) is 25.1 Å². The maximum atomic E-state index is 6.31. The summed E-state index contributed by atoms with van der Waals surface area (Å²) in [7, 11) is 0. The molecule has 0 amide bonds. The Hall–Kier alpha value is -1.02. The summed E-state index contributed by atoms with van der Waals surface area (Å²) in [6, 6.07) is 8.39. The molecule has 2 N–H and O–H groups in total. The van der Waals surface area contributed by atoms with E-state index >= 15 is 0 Å². The lowest BCUT2D eigenvalue weighted by molar-refractivity contribution is -0.00852. The zero-order valence-electron chi connectivity index (χ0n) is 10.5. The van der Waals surface area contributed by atoms with Crippen molar-refractivity contribution in [2.45, 2.75) is 50.7 Å². The van der Waals surface area contributed by atoms with Gasteiger partial charge in [0.25, 0.3) is 0 Å². The number of nitrogens with two attached hydrogens (primary N) is 1. The molecule has 1 aromatic carbocycles. The van der Waals surface area contributed by atoms with Gasteiger partial charge in [0.05, 0.1) is 0 Å². The first kappa shape index (κ1) is 11.1. The van der Waals surface area contributed by atoms with Crippen LogP contribution < -0.4 is 10.5 Å². The van der Waals surface area contributed by atoms with Crippen molar-refractivity contribution in [2.75, 3.05) is 0 Å². The van der Waals surface area contributed by atoms with Crippen LogP contribution in [0, 0.1) is 5.92 Å². The van der Waals surface area contributed by atoms with Crippen LogP contribution in [0.25, 0.3) is 0 Å². The second kappa shape index (κ2) is 4.02. The molecule has 0 saturated heterocycles. The highest BCUT2D eigenvalue weighted by Gasteiger charge is 2.41. The molecule has 2 heteroatoms. The Labute approximate surface area is 103 Å². The molecule has 0 bridgehead atoms. The summed E-state index contributed by atoms with van der Waals surface area (Å²) in [6.07, 6.45) is 5.85. The van der Waals surface area contributed by atoms with Crippen LogP contribution in [-0.4, -0.2) is 5.60 Å². The van der Waals surface area contributed by atoms with E-state index in [4.69, 9.17) is 10.5 Å². The molecule has 3 rings (SSSR count). The number of hydrogen-bond acceptors (Lipinski definition) is 2. The average molecular weight is 231 g/mol. The molecule has 2 aliphatic rings. The molecule has 1 fully saturated rings. The molecule has 1 atom stereocenters. The van der Waals surface area contributed by atoms with Crippen LogP contribution in [0.5, 0.6) is 5.75 Å². The minimum absolute atomic E-state index is 0.0281. The number of fused-ring (bicyclic) bond motifs is 1. The molecule has 0 aromatic heterocycles. The van der Waals surface area contributed by atoms with Crippen LogP contribution in [0.3, 0.4) is 0 Å². The first-order valence-electron chi connectivity index (χ1n) is 6.72. The quantitative estimate of drug-likeness (QED) is 0.742. The van der Waals surface area contributed by atoms with E-state index in [1.54, 1.807) is 0 Å². The second-order valence-corrected chi connectivity index (χ2v) is 5.82. The van der Waals surface area contributed by atoms with Crippen LogP contribution in [0.15, 0.2) is 24.3 Å². The van der Waals surface area contributed by atoms with Gasteiger partial charge in [-0.05, 0) is 37.7 Å². The minimum Gasteiger partial charge on any atom is -0.487 e. The van der Waals surface area contributed by atoms with Crippen LogP contribution in [-0.2, 0) is 0 Å². The molecular weight excluding hydrogens is 210 g/mol. The standard InChI is InChI=1S/C15H21NO/c1-11-6-8-15(9-7-11)10-13(16)12-4-2-3-5-14(12)17-15/h2-5,11,13H,6-10,16H2,1H3. The zero-order chi connectivity index (χ0) is 11.9. The van der Waals surface area contributed by atoms with Gasteiger partial charge in [-0.3, -0.25) is 0 Å². The molecular formula is C15H21NO. The van der Waals surface area contributed by atoms with Gasteiger partial charge in [0.2, 0.25) is 0 Å². The Bertz CT molecular complexity index is 407. The number of para-hydroxylation sites is 1. The summed E-state index contributed by atoms with van der Waals surface area (Å²) in [5.41, 5.74) is 7.51. The van der Waals surface area contributed by atoms with Crippen molar-refractivity contribution in [3.8, 4) is 5.75 Å². The van der Waals surface area contributed by atoms with E-state index in [0.717, 1.165) is 30.9 Å². The summed E-state index contributed by atoms with van der Waals surface area (Å²) in [6.45, 7) is 2.34. The van der Waals surface area contributed by atoms with E-state index in [0.29, 0.717) is 0 Å². The first-order chi connectivity index (χ1) is 8.19. The van der Waals surface area contributed by atoms with Crippen molar-refractivity contribution >= 4 is 0 Å². The van der Waals surface area contributed by atoms with Crippen molar-refractivity contribution in [1.29, 1.82) is 0 Å². The molecule has 1 aliphatic carbocycles. The third kappa shape index (κ3) is 1.95. The lowest BCUT2D eigenvalue weighted by Gasteiger charge is -2.45. The largest absolute Gasteiger partial charge is 0.487 e. The number of ether oxygens (including phenoxy) is 1. The first-order valence-corrected chi connectivity index (χ1v) is 6.72. The van der Waals surface area contributed by atoms with Gasteiger partial charge in [-0.25, -0.2) is 0 Å². The molecule has 1 heterocycles. The Kier molecular flexibility index (Phi) is 2.62. The highest BCUT2D eigenvalue weighted by Crippen LogP contribution is 2.46. The maximum Gasteiger partial charge on any atom is 0.124 e. The summed E-state index contributed by atoms with van der Waals surface area (Å²) in [4.78, 5) is 0. The smallest absolute Gasteiger partial charge is 0.124 e. The van der Waals surface area contributed by atoms with E-state index < -0.39 is 0 Å². The molecule has 92 valence electrons. The fourth-order valence-corrected chi connectivity index (χ4v) is 3.26. The van der Waals surface area contributed by atoms with Gasteiger partial charge in [-0.15, -0.1) is 0 Å². The predicted molar refractivity (Wildman–Crippen MR) is 69.0 cm³/mol. The van der Waals surface area contributed by atoms with E-state index in [-0.39, 0.29) is 11.6 Å². The van der Waals surface area contributed by atoms with E-state index in [1.807, 2.05) is 12.1 Å². The topological polar surface area (TPSA) is 35.2 Å². The summed E-state index contributed by atoms with van der Waals surface area (Å²) in [5, 5.41) is 0. The molecule has 17 heavy (non-hydrogen) atoms. The highest BCUT2D eigenvalue weighted by molar-refractivity contribution is 5.38. The predicted octanol–water partition coefficient (Wildman–Crippen LogP) is 3.42. The molecule has 1 aromatic rings. The summed E-state index contributed by atoms with van der Waals surface area (Å²) in [5.74, 6) is 1.86. The minimum atomic E-state index is 0.0281. The van der Waals surface area contributed by atoms with Crippen molar-refractivity contribution in [2.24, 2.45) is 11.7 Å². The molecule has 1 spiro atoms. The van der Waals surface area contributed by atoms with Gasteiger partial charge in [-0.2, -0.15) is 0 Å². The third-order valence-corrected chi connectivity index (χ3v) is 4.42. The normalized spacial score (nSPS) is 36.4.